The third kappa shape index (κ3) is 2.65. The van der Waals surface area contributed by atoms with Gasteiger partial charge in [0.05, 0.1) is 29.5 Å². The molecule has 0 radical (unpaired) electrons. The lowest BCUT2D eigenvalue weighted by Gasteiger charge is -2.16. The normalized spacial score (nSPS) is 11.0. The topological polar surface area (TPSA) is 100 Å². The second-order valence-electron chi connectivity index (χ2n) is 5.78. The minimum atomic E-state index is -0.789. The lowest BCUT2D eigenvalue weighted by molar-refractivity contribution is 0.0600. The number of ether oxygens (including phenoxy) is 1. The van der Waals surface area contributed by atoms with Gasteiger partial charge in [-0.05, 0) is 30.3 Å². The van der Waals surface area contributed by atoms with Crippen LogP contribution in [0.5, 0.6) is 0 Å². The molecule has 0 aliphatic heterocycles. The van der Waals surface area contributed by atoms with E-state index in [1.54, 1.807) is 48.8 Å². The van der Waals surface area contributed by atoms with E-state index in [-0.39, 0.29) is 11.3 Å². The molecule has 0 bridgehead atoms. The van der Waals surface area contributed by atoms with Gasteiger partial charge in [0.15, 0.2) is 0 Å². The highest BCUT2D eigenvalue weighted by Crippen LogP contribution is 2.29. The summed E-state index contributed by atoms with van der Waals surface area (Å²) in [6.07, 6.45) is 3.12. The van der Waals surface area contributed by atoms with E-state index >= 15 is 0 Å². The predicted molar refractivity (Wildman–Crippen MR) is 106 cm³/mol. The van der Waals surface area contributed by atoms with Crippen molar-refractivity contribution in [3.8, 4) is 5.69 Å². The van der Waals surface area contributed by atoms with Gasteiger partial charge < -0.3 is 10.5 Å². The number of carbonyl (C=O) groups excluding carboxylic acids is 1. The second-order valence-corrected chi connectivity index (χ2v) is 6.70. The molecular weight excluding hydrogens is 412 g/mol. The van der Waals surface area contributed by atoms with Crippen molar-refractivity contribution in [2.75, 3.05) is 12.8 Å². The monoisotopic (exact) mass is 424 g/mol. The fourth-order valence-electron chi connectivity index (χ4n) is 3.09. The van der Waals surface area contributed by atoms with Crippen LogP contribution in [0.3, 0.4) is 0 Å². The van der Waals surface area contributed by atoms with Gasteiger partial charge in [0.1, 0.15) is 11.1 Å². The van der Waals surface area contributed by atoms with E-state index in [9.17, 15) is 9.59 Å². The summed E-state index contributed by atoms with van der Waals surface area (Å²) in [5, 5.41) is 0.555. The number of hydrogen-bond acceptors (Lipinski definition) is 6. The fourth-order valence-corrected chi connectivity index (χ4v) is 3.43. The van der Waals surface area contributed by atoms with E-state index in [2.05, 4.69) is 25.9 Å². The third-order valence-corrected chi connectivity index (χ3v) is 4.78. The van der Waals surface area contributed by atoms with Crippen LogP contribution < -0.4 is 11.3 Å². The maximum atomic E-state index is 13.3. The highest BCUT2D eigenvalue weighted by molar-refractivity contribution is 9.10. The van der Waals surface area contributed by atoms with Crippen molar-refractivity contribution in [3.05, 3.63) is 69.2 Å². The lowest BCUT2D eigenvalue weighted by atomic mass is 10.1. The molecule has 0 aliphatic rings. The summed E-state index contributed by atoms with van der Waals surface area (Å²) >= 11 is 3.42. The molecule has 2 aromatic heterocycles. The molecule has 2 N–H and O–H groups in total. The van der Waals surface area contributed by atoms with E-state index in [4.69, 9.17) is 10.5 Å². The van der Waals surface area contributed by atoms with E-state index in [1.807, 2.05) is 0 Å². The number of fused-ring (bicyclic) bond motifs is 2. The van der Waals surface area contributed by atoms with Gasteiger partial charge in [0.2, 0.25) is 0 Å². The number of methoxy groups -OCH3 is 1. The summed E-state index contributed by atoms with van der Waals surface area (Å²) in [5.74, 6) is -0.789. The summed E-state index contributed by atoms with van der Waals surface area (Å²) < 4.78 is 6.96. The number of carbonyl (C=O) groups is 1. The molecule has 4 rings (SSSR count). The largest absolute Gasteiger partial charge is 0.465 e. The predicted octanol–water partition coefficient (Wildman–Crippen LogP) is 3.07. The van der Waals surface area contributed by atoms with Gasteiger partial charge >= 0.3 is 5.97 Å². The highest BCUT2D eigenvalue weighted by atomic mass is 79.9. The first-order chi connectivity index (χ1) is 13.0. The Morgan fingerprint density at radius 3 is 2.74 bits per heavy atom. The van der Waals surface area contributed by atoms with Gasteiger partial charge in [-0.2, -0.15) is 0 Å². The Morgan fingerprint density at radius 2 is 1.96 bits per heavy atom. The zero-order chi connectivity index (χ0) is 19.1. The molecule has 134 valence electrons. The smallest absolute Gasteiger partial charge is 0.345 e. The molecule has 8 heteroatoms. The minimum absolute atomic E-state index is 0.0805. The molecule has 0 fully saturated rings. The van der Waals surface area contributed by atoms with Gasteiger partial charge in [-0.15, -0.1) is 0 Å². The second kappa shape index (κ2) is 6.48. The Hall–Kier alpha value is -3.26. The summed E-state index contributed by atoms with van der Waals surface area (Å²) in [6.45, 7) is 0. The third-order valence-electron chi connectivity index (χ3n) is 4.28. The molecular formula is C19H13BrN4O3. The number of pyridine rings is 1. The molecule has 0 saturated heterocycles. The van der Waals surface area contributed by atoms with Gasteiger partial charge in [0.25, 0.3) is 5.56 Å². The number of benzene rings is 2. The molecule has 0 spiro atoms. The van der Waals surface area contributed by atoms with E-state index in [1.165, 1.54) is 11.7 Å². The van der Waals surface area contributed by atoms with Crippen molar-refractivity contribution in [2.45, 2.75) is 0 Å². The molecule has 0 saturated carbocycles. The Kier molecular flexibility index (Phi) is 4.12. The number of para-hydroxylation sites is 1. The molecule has 4 aromatic rings. The SMILES string of the molecule is COC(=O)c1c(N)c2ccc(Br)cc2n(-c2cccc3nccnc23)c1=O. The number of rotatable bonds is 2. The van der Waals surface area contributed by atoms with Crippen molar-refractivity contribution < 1.29 is 9.53 Å². The zero-order valence-corrected chi connectivity index (χ0v) is 15.7. The molecule has 0 unspecified atom stereocenters. The molecule has 0 aliphatic carbocycles. The van der Waals surface area contributed by atoms with Crippen LogP contribution in [-0.2, 0) is 4.74 Å². The molecule has 2 aromatic carbocycles. The number of nitrogens with zero attached hydrogens (tertiary/aromatic N) is 3. The van der Waals surface area contributed by atoms with Gasteiger partial charge in [0, 0.05) is 22.3 Å². The standard InChI is InChI=1S/C19H13BrN4O3/c1-27-19(26)15-16(21)11-6-5-10(20)9-14(11)24(18(15)25)13-4-2-3-12-17(13)23-8-7-22-12/h2-9H,21H2,1H3. The molecule has 2 heterocycles. The summed E-state index contributed by atoms with van der Waals surface area (Å²) in [7, 11) is 1.21. The molecule has 0 amide bonds. The van der Waals surface area contributed by atoms with E-state index < -0.39 is 11.5 Å². The minimum Gasteiger partial charge on any atom is -0.465 e. The van der Waals surface area contributed by atoms with Gasteiger partial charge in [-0.1, -0.05) is 22.0 Å². The summed E-state index contributed by atoms with van der Waals surface area (Å²) in [5.41, 5.74) is 7.63. The van der Waals surface area contributed by atoms with Crippen LogP contribution in [0.2, 0.25) is 0 Å². The van der Waals surface area contributed by atoms with Crippen molar-refractivity contribution in [1.29, 1.82) is 0 Å². The summed E-state index contributed by atoms with van der Waals surface area (Å²) in [4.78, 5) is 34.2. The van der Waals surface area contributed by atoms with Crippen molar-refractivity contribution in [3.63, 3.8) is 0 Å². The van der Waals surface area contributed by atoms with Crippen molar-refractivity contribution in [2.24, 2.45) is 0 Å². The number of anilines is 1. The van der Waals surface area contributed by atoms with Crippen LogP contribution >= 0.6 is 15.9 Å². The maximum Gasteiger partial charge on any atom is 0.345 e. The van der Waals surface area contributed by atoms with Crippen molar-refractivity contribution in [1.82, 2.24) is 14.5 Å². The first-order valence-corrected chi connectivity index (χ1v) is 8.74. The first kappa shape index (κ1) is 17.2. The Morgan fingerprint density at radius 1 is 1.19 bits per heavy atom. The molecule has 27 heavy (non-hydrogen) atoms. The Balaban J connectivity index is 2.24. The quantitative estimate of drug-likeness (QED) is 0.496. The fraction of sp³-hybridized carbons (Fsp3) is 0.0526. The van der Waals surface area contributed by atoms with Gasteiger partial charge in [-0.3, -0.25) is 19.3 Å². The average Bonchev–Trinajstić information content (AvgIpc) is 2.68. The van der Waals surface area contributed by atoms with Crippen LogP contribution in [0, 0.1) is 0 Å². The van der Waals surface area contributed by atoms with Crippen LogP contribution in [0.4, 0.5) is 5.69 Å². The Bertz CT molecular complexity index is 1280. The zero-order valence-electron chi connectivity index (χ0n) is 14.1. The van der Waals surface area contributed by atoms with E-state index in [0.717, 1.165) is 4.47 Å². The number of nitrogens with two attached hydrogens (primary N) is 1. The van der Waals surface area contributed by atoms with E-state index in [0.29, 0.717) is 27.6 Å². The first-order valence-electron chi connectivity index (χ1n) is 7.95. The van der Waals surface area contributed by atoms with Gasteiger partial charge in [-0.25, -0.2) is 4.79 Å². The van der Waals surface area contributed by atoms with Crippen LogP contribution in [-0.4, -0.2) is 27.6 Å². The number of halogens is 1. The number of esters is 1. The number of aromatic nitrogens is 3. The maximum absolute atomic E-state index is 13.3. The van der Waals surface area contributed by atoms with Crippen molar-refractivity contribution >= 4 is 49.5 Å². The molecule has 7 nitrogen and oxygen atoms in total. The summed E-state index contributed by atoms with van der Waals surface area (Å²) in [6, 6.07) is 10.6. The highest BCUT2D eigenvalue weighted by Gasteiger charge is 2.23. The molecule has 0 atom stereocenters. The number of hydrogen-bond donors (Lipinski definition) is 1. The lowest BCUT2D eigenvalue weighted by Crippen LogP contribution is -2.28. The Labute approximate surface area is 161 Å². The van der Waals surface area contributed by atoms with Crippen LogP contribution in [0.1, 0.15) is 10.4 Å². The van der Waals surface area contributed by atoms with Crippen LogP contribution in [0.15, 0.2) is 58.1 Å². The number of nitrogen functional groups attached to an aromatic ring is 1. The average molecular weight is 425 g/mol. The van der Waals surface area contributed by atoms with Crippen LogP contribution in [0.25, 0.3) is 27.6 Å².